The highest BCUT2D eigenvalue weighted by molar-refractivity contribution is 6.30. The van der Waals surface area contributed by atoms with Crippen molar-refractivity contribution in [2.24, 2.45) is 5.73 Å². The Morgan fingerprint density at radius 2 is 2.06 bits per heavy atom. The fraction of sp³-hybridized carbons (Fsp3) is 0.364. The lowest BCUT2D eigenvalue weighted by atomic mass is 10.2. The van der Waals surface area contributed by atoms with Crippen molar-refractivity contribution in [3.05, 3.63) is 34.9 Å². The third kappa shape index (κ3) is 3.81. The van der Waals surface area contributed by atoms with Crippen LogP contribution in [0.4, 0.5) is 0 Å². The van der Waals surface area contributed by atoms with Gasteiger partial charge in [0.2, 0.25) is 0 Å². The zero-order valence-corrected chi connectivity index (χ0v) is 9.65. The lowest BCUT2D eigenvalue weighted by molar-refractivity contribution is -0.149. The van der Waals surface area contributed by atoms with Crippen LogP contribution in [-0.2, 0) is 16.1 Å². The van der Waals surface area contributed by atoms with Gasteiger partial charge in [-0.05, 0) is 24.6 Å². The van der Waals surface area contributed by atoms with Crippen LogP contribution in [-0.4, -0.2) is 23.2 Å². The van der Waals surface area contributed by atoms with Crippen LogP contribution >= 0.6 is 11.6 Å². The minimum atomic E-state index is -1.01. The van der Waals surface area contributed by atoms with E-state index in [-0.39, 0.29) is 6.61 Å². The molecule has 3 N–H and O–H groups in total. The third-order valence-electron chi connectivity index (χ3n) is 2.09. The average Bonchev–Trinajstić information content (AvgIpc) is 2.26. The Labute approximate surface area is 99.0 Å². The van der Waals surface area contributed by atoms with Crippen LogP contribution < -0.4 is 5.73 Å². The van der Waals surface area contributed by atoms with Crippen LogP contribution in [0.15, 0.2) is 24.3 Å². The molecule has 1 rings (SSSR count). The van der Waals surface area contributed by atoms with E-state index in [9.17, 15) is 4.79 Å². The largest absolute Gasteiger partial charge is 0.460 e. The van der Waals surface area contributed by atoms with Gasteiger partial charge >= 0.3 is 5.97 Å². The topological polar surface area (TPSA) is 72.5 Å². The fourth-order valence-corrected chi connectivity index (χ4v) is 1.15. The summed E-state index contributed by atoms with van der Waals surface area (Å²) in [4.78, 5) is 11.3. The van der Waals surface area contributed by atoms with E-state index in [4.69, 9.17) is 27.2 Å². The highest BCUT2D eigenvalue weighted by atomic mass is 35.5. The lowest BCUT2D eigenvalue weighted by Gasteiger charge is -2.13. The molecule has 0 saturated heterocycles. The molecule has 0 fully saturated rings. The maximum absolute atomic E-state index is 11.3. The highest BCUT2D eigenvalue weighted by Crippen LogP contribution is 2.10. The Kier molecular flexibility index (Phi) is 4.73. The summed E-state index contributed by atoms with van der Waals surface area (Å²) in [7, 11) is 0. The molecule has 0 saturated carbocycles. The third-order valence-corrected chi connectivity index (χ3v) is 2.34. The molecule has 0 unspecified atom stereocenters. The molecule has 5 heteroatoms. The van der Waals surface area contributed by atoms with E-state index in [1.54, 1.807) is 24.3 Å². The SMILES string of the molecule is C[C@@H](O)[C@H](N)C(=O)OCc1ccc(Cl)cc1. The molecule has 0 heterocycles. The van der Waals surface area contributed by atoms with Crippen molar-refractivity contribution >= 4 is 17.6 Å². The number of esters is 1. The molecule has 0 bridgehead atoms. The van der Waals surface area contributed by atoms with E-state index < -0.39 is 18.1 Å². The van der Waals surface area contributed by atoms with Crippen molar-refractivity contribution in [1.29, 1.82) is 0 Å². The zero-order valence-electron chi connectivity index (χ0n) is 8.89. The predicted molar refractivity (Wildman–Crippen MR) is 60.9 cm³/mol. The monoisotopic (exact) mass is 243 g/mol. The maximum atomic E-state index is 11.3. The molecular formula is C11H14ClNO3. The molecule has 0 radical (unpaired) electrons. The second-order valence-electron chi connectivity index (χ2n) is 3.50. The Bertz CT molecular complexity index is 351. The van der Waals surface area contributed by atoms with E-state index in [1.165, 1.54) is 6.92 Å². The molecule has 1 aromatic carbocycles. The van der Waals surface area contributed by atoms with Crippen molar-refractivity contribution < 1.29 is 14.6 Å². The molecule has 2 atom stereocenters. The second-order valence-corrected chi connectivity index (χ2v) is 3.94. The number of carbonyl (C=O) groups excluding carboxylic acids is 1. The molecule has 0 aromatic heterocycles. The number of aliphatic hydroxyl groups is 1. The maximum Gasteiger partial charge on any atom is 0.325 e. The number of benzene rings is 1. The van der Waals surface area contributed by atoms with Gasteiger partial charge in [0.1, 0.15) is 12.6 Å². The molecule has 0 aliphatic carbocycles. The summed E-state index contributed by atoms with van der Waals surface area (Å²) in [5, 5.41) is 9.70. The van der Waals surface area contributed by atoms with Crippen molar-refractivity contribution in [2.75, 3.05) is 0 Å². The van der Waals surface area contributed by atoms with Gasteiger partial charge in [-0.3, -0.25) is 4.79 Å². The van der Waals surface area contributed by atoms with Crippen LogP contribution in [0.25, 0.3) is 0 Å². The standard InChI is InChI=1S/C11H14ClNO3/c1-7(14)10(13)11(15)16-6-8-2-4-9(12)5-3-8/h2-5,7,10,14H,6,13H2,1H3/t7-,10+/m1/s1. The number of aliphatic hydroxyl groups excluding tert-OH is 1. The van der Waals surface area contributed by atoms with Gasteiger partial charge in [-0.15, -0.1) is 0 Å². The minimum Gasteiger partial charge on any atom is -0.460 e. The molecule has 1 aromatic rings. The first-order valence-corrected chi connectivity index (χ1v) is 5.23. The smallest absolute Gasteiger partial charge is 0.325 e. The van der Waals surface area contributed by atoms with Crippen LogP contribution in [0.1, 0.15) is 12.5 Å². The van der Waals surface area contributed by atoms with Gasteiger partial charge in [0, 0.05) is 5.02 Å². The predicted octanol–water partition coefficient (Wildman–Crippen LogP) is 1.09. The number of halogens is 1. The first kappa shape index (κ1) is 13.0. The Morgan fingerprint density at radius 3 is 2.56 bits per heavy atom. The van der Waals surface area contributed by atoms with Crippen molar-refractivity contribution in [3.63, 3.8) is 0 Å². The molecule has 0 amide bonds. The number of rotatable bonds is 4. The van der Waals surface area contributed by atoms with Crippen molar-refractivity contribution in [3.8, 4) is 0 Å². The summed E-state index contributed by atoms with van der Waals surface area (Å²) in [6.45, 7) is 1.56. The normalized spacial score (nSPS) is 14.2. The van der Waals surface area contributed by atoms with Crippen LogP contribution in [0.5, 0.6) is 0 Å². The first-order chi connectivity index (χ1) is 7.50. The van der Waals surface area contributed by atoms with E-state index in [0.29, 0.717) is 5.02 Å². The number of nitrogens with two attached hydrogens (primary N) is 1. The van der Waals surface area contributed by atoms with E-state index in [2.05, 4.69) is 0 Å². The Morgan fingerprint density at radius 1 is 1.50 bits per heavy atom. The fourth-order valence-electron chi connectivity index (χ4n) is 1.03. The van der Waals surface area contributed by atoms with Gasteiger partial charge in [-0.2, -0.15) is 0 Å². The van der Waals surface area contributed by atoms with Crippen molar-refractivity contribution in [1.82, 2.24) is 0 Å². The molecule has 0 aliphatic heterocycles. The molecule has 4 nitrogen and oxygen atoms in total. The van der Waals surface area contributed by atoms with Gasteiger partial charge < -0.3 is 15.6 Å². The van der Waals surface area contributed by atoms with Gasteiger partial charge in [0.05, 0.1) is 6.10 Å². The van der Waals surface area contributed by atoms with Crippen LogP contribution in [0.2, 0.25) is 5.02 Å². The number of ether oxygens (including phenoxy) is 1. The average molecular weight is 244 g/mol. The highest BCUT2D eigenvalue weighted by Gasteiger charge is 2.20. The summed E-state index contributed by atoms with van der Waals surface area (Å²) in [6.07, 6.45) is -0.919. The molecule has 16 heavy (non-hydrogen) atoms. The quantitative estimate of drug-likeness (QED) is 0.777. The molecular weight excluding hydrogens is 230 g/mol. The summed E-state index contributed by atoms with van der Waals surface area (Å²) in [6, 6.07) is 5.92. The first-order valence-electron chi connectivity index (χ1n) is 4.85. The second kappa shape index (κ2) is 5.84. The van der Waals surface area contributed by atoms with E-state index in [0.717, 1.165) is 5.56 Å². The lowest BCUT2D eigenvalue weighted by Crippen LogP contribution is -2.41. The molecule has 88 valence electrons. The number of hydrogen-bond donors (Lipinski definition) is 2. The van der Waals surface area contributed by atoms with Crippen LogP contribution in [0, 0.1) is 0 Å². The summed E-state index contributed by atoms with van der Waals surface area (Å²) < 4.78 is 4.92. The van der Waals surface area contributed by atoms with Crippen molar-refractivity contribution in [2.45, 2.75) is 25.7 Å². The van der Waals surface area contributed by atoms with Gasteiger partial charge in [0.25, 0.3) is 0 Å². The minimum absolute atomic E-state index is 0.121. The van der Waals surface area contributed by atoms with E-state index >= 15 is 0 Å². The molecule has 0 spiro atoms. The van der Waals surface area contributed by atoms with E-state index in [1.807, 2.05) is 0 Å². The number of carbonyl (C=O) groups is 1. The zero-order chi connectivity index (χ0) is 12.1. The molecule has 0 aliphatic rings. The van der Waals surface area contributed by atoms with Gasteiger partial charge in [-0.1, -0.05) is 23.7 Å². The van der Waals surface area contributed by atoms with Crippen LogP contribution in [0.3, 0.4) is 0 Å². The number of hydrogen-bond acceptors (Lipinski definition) is 4. The Balaban J connectivity index is 2.46. The summed E-state index contributed by atoms with van der Waals surface area (Å²) in [5.41, 5.74) is 6.22. The van der Waals surface area contributed by atoms with Gasteiger partial charge in [-0.25, -0.2) is 0 Å². The van der Waals surface area contributed by atoms with Gasteiger partial charge in [0.15, 0.2) is 0 Å². The summed E-state index contributed by atoms with van der Waals surface area (Å²) >= 11 is 5.71. The summed E-state index contributed by atoms with van der Waals surface area (Å²) in [5.74, 6) is -0.620. The Hall–Kier alpha value is -1.10.